The van der Waals surface area contributed by atoms with Gasteiger partial charge in [0.15, 0.2) is 5.82 Å². The van der Waals surface area contributed by atoms with Crippen LogP contribution in [0.2, 0.25) is 0 Å². The number of carbonyl (C=O) groups excluding carboxylic acids is 1. The van der Waals surface area contributed by atoms with Crippen molar-refractivity contribution in [1.29, 1.82) is 0 Å². The van der Waals surface area contributed by atoms with E-state index in [2.05, 4.69) is 20.1 Å². The van der Waals surface area contributed by atoms with Gasteiger partial charge in [0.05, 0.1) is 11.6 Å². The maximum atomic E-state index is 12.6. The third-order valence-electron chi connectivity index (χ3n) is 5.30. The molecule has 1 fully saturated rings. The predicted octanol–water partition coefficient (Wildman–Crippen LogP) is 3.59. The molecule has 0 spiro atoms. The van der Waals surface area contributed by atoms with Gasteiger partial charge in [-0.1, -0.05) is 25.0 Å². The summed E-state index contributed by atoms with van der Waals surface area (Å²) in [6, 6.07) is 7.82. The molecule has 3 rings (SSSR count). The molecule has 1 atom stereocenters. The number of hydrogen-bond acceptors (Lipinski definition) is 4. The van der Waals surface area contributed by atoms with E-state index in [4.69, 9.17) is 0 Å². The van der Waals surface area contributed by atoms with E-state index in [1.807, 2.05) is 31.2 Å². The zero-order valence-corrected chi connectivity index (χ0v) is 16.5. The van der Waals surface area contributed by atoms with Gasteiger partial charge in [-0.15, -0.1) is 10.2 Å². The summed E-state index contributed by atoms with van der Waals surface area (Å²) in [5.41, 5.74) is 1.06. The summed E-state index contributed by atoms with van der Waals surface area (Å²) in [5.74, 6) is 0.703. The maximum Gasteiger partial charge on any atom is 0.251 e. The molecule has 2 N–H and O–H groups in total. The van der Waals surface area contributed by atoms with Gasteiger partial charge < -0.3 is 15.0 Å². The van der Waals surface area contributed by atoms with Gasteiger partial charge in [0, 0.05) is 11.6 Å². The highest BCUT2D eigenvalue weighted by molar-refractivity contribution is 5.94. The van der Waals surface area contributed by atoms with Crippen LogP contribution in [-0.4, -0.2) is 31.4 Å². The standard InChI is InChI=1S/C21H30N4O2/c1-15(19-24-22-14-25(19)18-6-4-5-7-18)23-20(26)17-10-8-16(9-11-17)12-13-21(2,3)27/h8-11,14-15,18,27H,4-7,12-13H2,1-3H3,(H,23,26). The summed E-state index contributed by atoms with van der Waals surface area (Å²) in [5, 5.41) is 21.2. The Labute approximate surface area is 161 Å². The van der Waals surface area contributed by atoms with Crippen molar-refractivity contribution in [3.63, 3.8) is 0 Å². The first-order chi connectivity index (χ1) is 12.8. The Kier molecular flexibility index (Phi) is 5.95. The van der Waals surface area contributed by atoms with Crippen LogP contribution in [0.1, 0.15) is 86.7 Å². The van der Waals surface area contributed by atoms with E-state index in [0.717, 1.165) is 30.7 Å². The van der Waals surface area contributed by atoms with Crippen molar-refractivity contribution in [2.75, 3.05) is 0 Å². The third kappa shape index (κ3) is 5.16. The Morgan fingerprint density at radius 3 is 2.59 bits per heavy atom. The van der Waals surface area contributed by atoms with Crippen molar-refractivity contribution < 1.29 is 9.90 Å². The lowest BCUT2D eigenvalue weighted by molar-refractivity contribution is 0.0713. The lowest BCUT2D eigenvalue weighted by Crippen LogP contribution is -2.29. The van der Waals surface area contributed by atoms with E-state index in [0.29, 0.717) is 18.0 Å². The minimum atomic E-state index is -0.680. The second-order valence-corrected chi connectivity index (χ2v) is 8.24. The highest BCUT2D eigenvalue weighted by Crippen LogP contribution is 2.31. The maximum absolute atomic E-state index is 12.6. The second kappa shape index (κ2) is 8.21. The average Bonchev–Trinajstić information content (AvgIpc) is 3.30. The van der Waals surface area contributed by atoms with Gasteiger partial charge >= 0.3 is 0 Å². The van der Waals surface area contributed by atoms with Gasteiger partial charge in [-0.2, -0.15) is 0 Å². The molecule has 1 aromatic carbocycles. The minimum absolute atomic E-state index is 0.113. The van der Waals surface area contributed by atoms with E-state index in [1.54, 1.807) is 20.2 Å². The molecule has 1 heterocycles. The topological polar surface area (TPSA) is 80.0 Å². The van der Waals surface area contributed by atoms with Crippen LogP contribution in [0.4, 0.5) is 0 Å². The summed E-state index contributed by atoms with van der Waals surface area (Å²) in [6.45, 7) is 5.56. The molecule has 0 saturated heterocycles. The quantitative estimate of drug-likeness (QED) is 0.780. The monoisotopic (exact) mass is 370 g/mol. The molecule has 0 bridgehead atoms. The van der Waals surface area contributed by atoms with E-state index in [-0.39, 0.29) is 11.9 Å². The van der Waals surface area contributed by atoms with E-state index >= 15 is 0 Å². The van der Waals surface area contributed by atoms with Gasteiger partial charge in [-0.25, -0.2) is 0 Å². The molecule has 1 amide bonds. The number of hydrogen-bond donors (Lipinski definition) is 2. The second-order valence-electron chi connectivity index (χ2n) is 8.24. The highest BCUT2D eigenvalue weighted by atomic mass is 16.3. The minimum Gasteiger partial charge on any atom is -0.390 e. The first kappa shape index (κ1) is 19.5. The largest absolute Gasteiger partial charge is 0.390 e. The molecule has 1 saturated carbocycles. The predicted molar refractivity (Wildman–Crippen MR) is 104 cm³/mol. The van der Waals surface area contributed by atoms with Crippen molar-refractivity contribution in [2.24, 2.45) is 0 Å². The number of carbonyl (C=O) groups is 1. The molecule has 1 aliphatic carbocycles. The SMILES string of the molecule is CC(NC(=O)c1ccc(CCC(C)(C)O)cc1)c1nncn1C1CCCC1. The molecule has 1 unspecified atom stereocenters. The van der Waals surface area contributed by atoms with Crippen molar-refractivity contribution in [1.82, 2.24) is 20.1 Å². The molecule has 6 nitrogen and oxygen atoms in total. The van der Waals surface area contributed by atoms with Crippen LogP contribution in [0.5, 0.6) is 0 Å². The molecule has 2 aromatic rings. The van der Waals surface area contributed by atoms with E-state index < -0.39 is 5.60 Å². The summed E-state index contributed by atoms with van der Waals surface area (Å²) < 4.78 is 2.12. The van der Waals surface area contributed by atoms with Crippen molar-refractivity contribution >= 4 is 5.91 Å². The van der Waals surface area contributed by atoms with Crippen molar-refractivity contribution in [3.8, 4) is 0 Å². The highest BCUT2D eigenvalue weighted by Gasteiger charge is 2.23. The molecule has 0 aliphatic heterocycles. The Balaban J connectivity index is 1.61. The number of rotatable bonds is 7. The lowest BCUT2D eigenvalue weighted by atomic mass is 9.98. The Bertz CT molecular complexity index is 755. The van der Waals surface area contributed by atoms with Crippen molar-refractivity contribution in [3.05, 3.63) is 47.5 Å². The van der Waals surface area contributed by atoms with Crippen LogP contribution in [0.25, 0.3) is 0 Å². The Hall–Kier alpha value is -2.21. The van der Waals surface area contributed by atoms with Crippen LogP contribution in [0, 0.1) is 0 Å². The van der Waals surface area contributed by atoms with Crippen LogP contribution in [0.3, 0.4) is 0 Å². The zero-order valence-electron chi connectivity index (χ0n) is 16.5. The van der Waals surface area contributed by atoms with Gasteiger partial charge in [0.25, 0.3) is 5.91 Å². The number of aliphatic hydroxyl groups is 1. The molecule has 0 radical (unpaired) electrons. The number of benzene rings is 1. The van der Waals surface area contributed by atoms with Gasteiger partial charge in [-0.3, -0.25) is 4.79 Å². The fraction of sp³-hybridized carbons (Fsp3) is 0.571. The first-order valence-electron chi connectivity index (χ1n) is 9.85. The smallest absolute Gasteiger partial charge is 0.251 e. The molecule has 6 heteroatoms. The molecular weight excluding hydrogens is 340 g/mol. The fourth-order valence-corrected chi connectivity index (χ4v) is 3.64. The number of aryl methyl sites for hydroxylation is 1. The van der Waals surface area contributed by atoms with E-state index in [9.17, 15) is 9.90 Å². The lowest BCUT2D eigenvalue weighted by Gasteiger charge is -2.19. The summed E-state index contributed by atoms with van der Waals surface area (Å²) in [6.07, 6.45) is 8.03. The Morgan fingerprint density at radius 1 is 1.30 bits per heavy atom. The van der Waals surface area contributed by atoms with E-state index in [1.165, 1.54) is 12.8 Å². The molecule has 1 aliphatic rings. The number of nitrogens with zero attached hydrogens (tertiary/aromatic N) is 3. The third-order valence-corrected chi connectivity index (χ3v) is 5.30. The van der Waals surface area contributed by atoms with Gasteiger partial charge in [0.1, 0.15) is 6.33 Å². The van der Waals surface area contributed by atoms with Crippen LogP contribution >= 0.6 is 0 Å². The average molecular weight is 370 g/mol. The number of nitrogens with one attached hydrogen (secondary N) is 1. The fourth-order valence-electron chi connectivity index (χ4n) is 3.64. The molecule has 27 heavy (non-hydrogen) atoms. The molecular formula is C21H30N4O2. The normalized spacial score (nSPS) is 16.4. The number of aromatic nitrogens is 3. The number of amides is 1. The van der Waals surface area contributed by atoms with Crippen molar-refractivity contribution in [2.45, 2.75) is 77.0 Å². The molecule has 146 valence electrons. The van der Waals surface area contributed by atoms with Gasteiger partial charge in [0.2, 0.25) is 0 Å². The summed E-state index contributed by atoms with van der Waals surface area (Å²) >= 11 is 0. The van der Waals surface area contributed by atoms with Crippen LogP contribution < -0.4 is 5.32 Å². The first-order valence-corrected chi connectivity index (χ1v) is 9.85. The summed E-state index contributed by atoms with van der Waals surface area (Å²) in [7, 11) is 0. The van der Waals surface area contributed by atoms with Crippen LogP contribution in [-0.2, 0) is 6.42 Å². The molecule has 1 aromatic heterocycles. The van der Waals surface area contributed by atoms with Crippen LogP contribution in [0.15, 0.2) is 30.6 Å². The summed E-state index contributed by atoms with van der Waals surface area (Å²) in [4.78, 5) is 12.6. The Morgan fingerprint density at radius 2 is 1.96 bits per heavy atom. The van der Waals surface area contributed by atoms with Gasteiger partial charge in [-0.05, 0) is 64.2 Å². The zero-order chi connectivity index (χ0) is 19.4.